The molecule has 138 valence electrons. The van der Waals surface area contributed by atoms with Crippen molar-refractivity contribution >= 4 is 52.5 Å². The first-order valence-corrected chi connectivity index (χ1v) is 9.95. The number of anilines is 1. The summed E-state index contributed by atoms with van der Waals surface area (Å²) in [5.41, 5.74) is 1.25. The Morgan fingerprint density at radius 1 is 1.04 bits per heavy atom. The van der Waals surface area contributed by atoms with Gasteiger partial charge in [-0.1, -0.05) is 23.2 Å². The van der Waals surface area contributed by atoms with Crippen LogP contribution in [0.3, 0.4) is 0 Å². The summed E-state index contributed by atoms with van der Waals surface area (Å²) >= 11 is 13.3. The van der Waals surface area contributed by atoms with Crippen LogP contribution in [0, 0.1) is 0 Å². The number of benzene rings is 2. The summed E-state index contributed by atoms with van der Waals surface area (Å²) in [5, 5.41) is 3.95. The molecular weight excluding hydrogens is 391 g/mol. The zero-order valence-electron chi connectivity index (χ0n) is 14.6. The van der Waals surface area contributed by atoms with E-state index in [2.05, 4.69) is 5.32 Å². The number of hydrogen-bond acceptors (Lipinski definition) is 3. The smallest absolute Gasteiger partial charge is 0.253 e. The van der Waals surface area contributed by atoms with Crippen molar-refractivity contribution < 1.29 is 9.59 Å². The Bertz CT molecular complexity index is 778. The van der Waals surface area contributed by atoms with Crippen molar-refractivity contribution in [3.8, 4) is 0 Å². The van der Waals surface area contributed by atoms with Gasteiger partial charge in [0.15, 0.2) is 0 Å². The van der Waals surface area contributed by atoms with Crippen LogP contribution >= 0.6 is 35.0 Å². The van der Waals surface area contributed by atoms with Gasteiger partial charge < -0.3 is 10.2 Å². The quantitative estimate of drug-likeness (QED) is 0.637. The standard InChI is InChI=1S/C19H20Cl2N2O2S/c1-3-23(4-2)19(25)13-5-8-15(9-6-13)22-18(24)12-26-17-11-14(20)7-10-16(17)21/h5-11H,3-4,12H2,1-2H3,(H,22,24). The molecule has 0 radical (unpaired) electrons. The van der Waals surface area contributed by atoms with Gasteiger partial charge in [-0.2, -0.15) is 0 Å². The minimum atomic E-state index is -0.158. The van der Waals surface area contributed by atoms with Gasteiger partial charge in [-0.25, -0.2) is 0 Å². The molecule has 0 aromatic heterocycles. The molecule has 26 heavy (non-hydrogen) atoms. The molecule has 0 aliphatic rings. The predicted molar refractivity (Wildman–Crippen MR) is 110 cm³/mol. The Labute approximate surface area is 167 Å². The Hall–Kier alpha value is -1.69. The van der Waals surface area contributed by atoms with Crippen LogP contribution in [-0.4, -0.2) is 35.6 Å². The van der Waals surface area contributed by atoms with Crippen LogP contribution in [0.2, 0.25) is 10.0 Å². The van der Waals surface area contributed by atoms with E-state index in [0.717, 1.165) is 4.90 Å². The first kappa shape index (κ1) is 20.6. The van der Waals surface area contributed by atoms with Crippen LogP contribution in [0.5, 0.6) is 0 Å². The zero-order chi connectivity index (χ0) is 19.1. The fourth-order valence-corrected chi connectivity index (χ4v) is 3.61. The molecule has 2 rings (SSSR count). The van der Waals surface area contributed by atoms with Crippen LogP contribution in [0.1, 0.15) is 24.2 Å². The van der Waals surface area contributed by atoms with E-state index in [9.17, 15) is 9.59 Å². The molecule has 0 unspecified atom stereocenters. The molecule has 1 N–H and O–H groups in total. The van der Waals surface area contributed by atoms with Gasteiger partial charge in [-0.15, -0.1) is 11.8 Å². The Balaban J connectivity index is 1.93. The molecule has 2 aromatic carbocycles. The minimum Gasteiger partial charge on any atom is -0.339 e. The first-order valence-electron chi connectivity index (χ1n) is 8.21. The summed E-state index contributed by atoms with van der Waals surface area (Å²) in [6.07, 6.45) is 0. The van der Waals surface area contributed by atoms with E-state index < -0.39 is 0 Å². The number of thioether (sulfide) groups is 1. The third-order valence-corrected chi connectivity index (χ3v) is 5.45. The summed E-state index contributed by atoms with van der Waals surface area (Å²) in [4.78, 5) is 26.9. The lowest BCUT2D eigenvalue weighted by atomic mass is 10.2. The largest absolute Gasteiger partial charge is 0.339 e. The van der Waals surface area contributed by atoms with Crippen LogP contribution < -0.4 is 5.32 Å². The van der Waals surface area contributed by atoms with Gasteiger partial charge in [0.05, 0.1) is 10.8 Å². The fourth-order valence-electron chi connectivity index (χ4n) is 2.32. The summed E-state index contributed by atoms with van der Waals surface area (Å²) in [5.74, 6) is 0.0353. The minimum absolute atomic E-state index is 0.0148. The summed E-state index contributed by atoms with van der Waals surface area (Å²) < 4.78 is 0. The van der Waals surface area contributed by atoms with Gasteiger partial charge in [0.2, 0.25) is 5.91 Å². The van der Waals surface area contributed by atoms with Crippen LogP contribution in [0.25, 0.3) is 0 Å². The van der Waals surface area contributed by atoms with E-state index in [1.54, 1.807) is 47.4 Å². The number of carbonyl (C=O) groups excluding carboxylic acids is 2. The number of nitrogens with zero attached hydrogens (tertiary/aromatic N) is 1. The molecule has 0 heterocycles. The second kappa shape index (κ2) is 9.86. The SMILES string of the molecule is CCN(CC)C(=O)c1ccc(NC(=O)CSc2cc(Cl)ccc2Cl)cc1. The molecule has 7 heteroatoms. The number of rotatable bonds is 7. The zero-order valence-corrected chi connectivity index (χ0v) is 16.9. The summed E-state index contributed by atoms with van der Waals surface area (Å²) in [6, 6.07) is 12.0. The molecule has 0 spiro atoms. The molecule has 0 atom stereocenters. The maximum atomic E-state index is 12.3. The number of amides is 2. The number of hydrogen-bond donors (Lipinski definition) is 1. The molecule has 2 aromatic rings. The molecular formula is C19H20Cl2N2O2S. The fraction of sp³-hybridized carbons (Fsp3) is 0.263. The topological polar surface area (TPSA) is 49.4 Å². The van der Waals surface area contributed by atoms with E-state index in [-0.39, 0.29) is 17.6 Å². The predicted octanol–water partition coefficient (Wildman–Crippen LogP) is 5.21. The van der Waals surface area contributed by atoms with Gasteiger partial charge in [0, 0.05) is 34.3 Å². The second-order valence-corrected chi connectivity index (χ2v) is 7.33. The van der Waals surface area contributed by atoms with Crippen molar-refractivity contribution in [2.24, 2.45) is 0 Å². The van der Waals surface area contributed by atoms with Gasteiger partial charge in [-0.3, -0.25) is 9.59 Å². The van der Waals surface area contributed by atoms with E-state index in [0.29, 0.717) is 34.4 Å². The summed E-state index contributed by atoms with van der Waals surface area (Å²) in [6.45, 7) is 5.22. The molecule has 0 bridgehead atoms. The lowest BCUT2D eigenvalue weighted by Crippen LogP contribution is -2.30. The van der Waals surface area contributed by atoms with Crippen LogP contribution in [0.15, 0.2) is 47.4 Å². The van der Waals surface area contributed by atoms with Gasteiger partial charge in [-0.05, 0) is 56.3 Å². The van der Waals surface area contributed by atoms with E-state index in [4.69, 9.17) is 23.2 Å². The summed E-state index contributed by atoms with van der Waals surface area (Å²) in [7, 11) is 0. The first-order chi connectivity index (χ1) is 12.4. The number of nitrogens with one attached hydrogen (secondary N) is 1. The van der Waals surface area contributed by atoms with Gasteiger partial charge in [0.1, 0.15) is 0 Å². The Morgan fingerprint density at radius 3 is 2.31 bits per heavy atom. The Morgan fingerprint density at radius 2 is 1.69 bits per heavy atom. The van der Waals surface area contributed by atoms with E-state index >= 15 is 0 Å². The molecule has 0 saturated carbocycles. The highest BCUT2D eigenvalue weighted by molar-refractivity contribution is 8.00. The number of carbonyl (C=O) groups is 2. The second-order valence-electron chi connectivity index (χ2n) is 5.47. The van der Waals surface area contributed by atoms with Gasteiger partial charge in [0.25, 0.3) is 5.91 Å². The number of halogens is 2. The lowest BCUT2D eigenvalue weighted by molar-refractivity contribution is -0.113. The van der Waals surface area contributed by atoms with Crippen molar-refractivity contribution in [1.29, 1.82) is 0 Å². The highest BCUT2D eigenvalue weighted by atomic mass is 35.5. The van der Waals surface area contributed by atoms with E-state index in [1.807, 2.05) is 13.8 Å². The van der Waals surface area contributed by atoms with Crippen molar-refractivity contribution in [3.63, 3.8) is 0 Å². The van der Waals surface area contributed by atoms with Gasteiger partial charge >= 0.3 is 0 Å². The third-order valence-electron chi connectivity index (χ3n) is 3.72. The maximum Gasteiger partial charge on any atom is 0.253 e. The highest BCUT2D eigenvalue weighted by Crippen LogP contribution is 2.29. The van der Waals surface area contributed by atoms with Crippen LogP contribution in [-0.2, 0) is 4.79 Å². The van der Waals surface area contributed by atoms with Crippen molar-refractivity contribution in [2.75, 3.05) is 24.2 Å². The lowest BCUT2D eigenvalue weighted by Gasteiger charge is -2.18. The monoisotopic (exact) mass is 410 g/mol. The molecule has 0 aliphatic heterocycles. The van der Waals surface area contributed by atoms with Crippen molar-refractivity contribution in [3.05, 3.63) is 58.1 Å². The third kappa shape index (κ3) is 5.66. The molecule has 0 aliphatic carbocycles. The van der Waals surface area contributed by atoms with Crippen LogP contribution in [0.4, 0.5) is 5.69 Å². The Kier molecular flexibility index (Phi) is 7.82. The van der Waals surface area contributed by atoms with Crippen molar-refractivity contribution in [1.82, 2.24) is 4.90 Å². The molecule has 0 saturated heterocycles. The molecule has 0 fully saturated rings. The average Bonchev–Trinajstić information content (AvgIpc) is 2.64. The van der Waals surface area contributed by atoms with E-state index in [1.165, 1.54) is 11.8 Å². The molecule has 4 nitrogen and oxygen atoms in total. The maximum absolute atomic E-state index is 12.3. The normalized spacial score (nSPS) is 10.5. The highest BCUT2D eigenvalue weighted by Gasteiger charge is 2.12. The van der Waals surface area contributed by atoms with Crippen molar-refractivity contribution in [2.45, 2.75) is 18.7 Å². The average molecular weight is 411 g/mol. The molecule has 2 amide bonds.